The Kier molecular flexibility index (Phi) is 4.37. The van der Waals surface area contributed by atoms with Crippen molar-refractivity contribution >= 4 is 34.0 Å². The Labute approximate surface area is 151 Å². The van der Waals surface area contributed by atoms with Crippen molar-refractivity contribution < 1.29 is 8.94 Å². The lowest BCUT2D eigenvalue weighted by molar-refractivity contribution is 0.391. The van der Waals surface area contributed by atoms with Crippen LogP contribution in [-0.2, 0) is 24.5 Å². The van der Waals surface area contributed by atoms with Gasteiger partial charge in [0.2, 0.25) is 5.56 Å². The molecule has 1 aliphatic rings. The van der Waals surface area contributed by atoms with Crippen LogP contribution >= 0.6 is 0 Å². The second-order valence-electron chi connectivity index (χ2n) is 6.06. The number of halogens is 1. The van der Waals surface area contributed by atoms with E-state index in [1.807, 2.05) is 0 Å². The van der Waals surface area contributed by atoms with Crippen LogP contribution < -0.4 is 16.0 Å². The Balaban J connectivity index is 1.71. The van der Waals surface area contributed by atoms with Gasteiger partial charge in [-0.05, 0) is 41.8 Å². The van der Waals surface area contributed by atoms with Crippen molar-refractivity contribution in [3.05, 3.63) is 63.8 Å². The Hall–Kier alpha value is -2.46. The molecule has 134 valence electrons. The number of anilines is 2. The van der Waals surface area contributed by atoms with E-state index >= 15 is 0 Å². The molecule has 4 rings (SSSR count). The fraction of sp³-hybridized carbons (Fsp3) is 0.176. The van der Waals surface area contributed by atoms with Gasteiger partial charge < -0.3 is 14.9 Å². The summed E-state index contributed by atoms with van der Waals surface area (Å²) in [5.41, 5.74) is 2.86. The van der Waals surface area contributed by atoms with Gasteiger partial charge in [-0.1, -0.05) is 0 Å². The molecule has 0 aliphatic carbocycles. The van der Waals surface area contributed by atoms with Gasteiger partial charge in [0, 0.05) is 17.6 Å². The number of hydrogen-bond donors (Lipinski definition) is 3. The van der Waals surface area contributed by atoms with Gasteiger partial charge in [-0.2, -0.15) is 0 Å². The number of fused-ring (bicyclic) bond motifs is 2. The van der Waals surface area contributed by atoms with Crippen molar-refractivity contribution in [3.63, 3.8) is 0 Å². The molecule has 0 amide bonds. The molecule has 1 aromatic carbocycles. The normalized spacial score (nSPS) is 15.7. The van der Waals surface area contributed by atoms with Crippen LogP contribution in [0.2, 0.25) is 0 Å². The molecule has 0 saturated carbocycles. The van der Waals surface area contributed by atoms with Crippen LogP contribution in [-0.4, -0.2) is 25.4 Å². The molecule has 3 aromatic rings. The fourth-order valence-corrected chi connectivity index (χ4v) is 3.65. The highest BCUT2D eigenvalue weighted by molar-refractivity contribution is 7.86. The molecule has 0 saturated heterocycles. The third-order valence-electron chi connectivity index (χ3n) is 4.42. The quantitative estimate of drug-likeness (QED) is 0.603. The van der Waals surface area contributed by atoms with E-state index in [1.54, 1.807) is 22.5 Å². The summed E-state index contributed by atoms with van der Waals surface area (Å²) < 4.78 is 27.7. The van der Waals surface area contributed by atoms with Gasteiger partial charge in [-0.3, -0.25) is 4.79 Å². The van der Waals surface area contributed by atoms with E-state index in [9.17, 15) is 13.7 Å². The molecule has 26 heavy (non-hydrogen) atoms. The highest BCUT2D eigenvalue weighted by Crippen LogP contribution is 2.30. The summed E-state index contributed by atoms with van der Waals surface area (Å²) >= 11 is -1.55. The van der Waals surface area contributed by atoms with Crippen molar-refractivity contribution in [1.29, 1.82) is 0 Å². The number of H-pyrrole nitrogens is 1. The summed E-state index contributed by atoms with van der Waals surface area (Å²) in [4.78, 5) is 18.2. The van der Waals surface area contributed by atoms with E-state index in [0.717, 1.165) is 11.1 Å². The summed E-state index contributed by atoms with van der Waals surface area (Å²) in [6.45, 7) is 0.933. The van der Waals surface area contributed by atoms with Crippen LogP contribution in [0, 0.1) is 5.82 Å². The van der Waals surface area contributed by atoms with Crippen LogP contribution in [0.25, 0.3) is 11.0 Å². The standard InChI is InChI=1S/C17H16FN5O2S/c18-13-7-10-4-6-23(26(19)25)9-11(10)8-15(13)21-14-3-5-20-17-12(14)1-2-16(24)22-17/h1-3,5,7-8H,4,6,9,19H2,(H2,20,21,22,24). The molecular formula is C17H16FN5O2S. The van der Waals surface area contributed by atoms with Gasteiger partial charge >= 0.3 is 0 Å². The lowest BCUT2D eigenvalue weighted by Crippen LogP contribution is -2.40. The van der Waals surface area contributed by atoms with Crippen molar-refractivity contribution in [2.75, 3.05) is 11.9 Å². The molecule has 3 heterocycles. The van der Waals surface area contributed by atoms with E-state index in [2.05, 4.69) is 15.3 Å². The third kappa shape index (κ3) is 3.17. The van der Waals surface area contributed by atoms with Crippen LogP contribution in [0.3, 0.4) is 0 Å². The average molecular weight is 373 g/mol. The first-order chi connectivity index (χ1) is 12.5. The molecule has 0 fully saturated rings. The largest absolute Gasteiger partial charge is 0.579 e. The second kappa shape index (κ2) is 6.69. The zero-order valence-electron chi connectivity index (χ0n) is 13.7. The monoisotopic (exact) mass is 373 g/mol. The highest BCUT2D eigenvalue weighted by atomic mass is 32.2. The van der Waals surface area contributed by atoms with Crippen molar-refractivity contribution in [2.24, 2.45) is 5.14 Å². The van der Waals surface area contributed by atoms with Gasteiger partial charge in [-0.25, -0.2) is 9.37 Å². The second-order valence-corrected chi connectivity index (χ2v) is 7.13. The van der Waals surface area contributed by atoms with Crippen LogP contribution in [0.5, 0.6) is 0 Å². The van der Waals surface area contributed by atoms with Gasteiger partial charge in [0.1, 0.15) is 23.0 Å². The minimum Gasteiger partial charge on any atom is -0.579 e. The Morgan fingerprint density at radius 3 is 2.92 bits per heavy atom. The SMILES string of the molecule is N[S+]([O-])N1CCc2cc(F)c(Nc3ccnc4[nH]c(=O)ccc34)cc2C1. The number of hydrogen-bond acceptors (Lipinski definition) is 6. The number of aromatic amines is 1. The molecule has 0 bridgehead atoms. The number of nitrogens with one attached hydrogen (secondary N) is 2. The first-order valence-electron chi connectivity index (χ1n) is 7.99. The number of aromatic nitrogens is 2. The summed E-state index contributed by atoms with van der Waals surface area (Å²) in [6, 6.07) is 7.95. The Morgan fingerprint density at radius 1 is 1.27 bits per heavy atom. The molecule has 7 nitrogen and oxygen atoms in total. The number of rotatable bonds is 3. The van der Waals surface area contributed by atoms with Crippen LogP contribution in [0.1, 0.15) is 11.1 Å². The van der Waals surface area contributed by atoms with Gasteiger partial charge in [0.25, 0.3) is 0 Å². The molecule has 1 unspecified atom stereocenters. The predicted octanol–water partition coefficient (Wildman–Crippen LogP) is 1.70. The number of benzene rings is 1. The van der Waals surface area contributed by atoms with E-state index in [4.69, 9.17) is 5.14 Å². The fourth-order valence-electron chi connectivity index (χ4n) is 3.12. The lowest BCUT2D eigenvalue weighted by Gasteiger charge is -2.27. The summed E-state index contributed by atoms with van der Waals surface area (Å²) in [5.74, 6) is -0.375. The van der Waals surface area contributed by atoms with E-state index < -0.39 is 11.5 Å². The first-order valence-corrected chi connectivity index (χ1v) is 9.16. The predicted molar refractivity (Wildman–Crippen MR) is 98.5 cm³/mol. The average Bonchev–Trinajstić information content (AvgIpc) is 2.61. The maximum absolute atomic E-state index is 14.5. The van der Waals surface area contributed by atoms with Crippen LogP contribution in [0.15, 0.2) is 41.3 Å². The molecule has 1 aliphatic heterocycles. The summed E-state index contributed by atoms with van der Waals surface area (Å²) in [7, 11) is 0. The van der Waals surface area contributed by atoms with Gasteiger partial charge in [0.15, 0.2) is 0 Å². The molecule has 4 N–H and O–H groups in total. The summed E-state index contributed by atoms with van der Waals surface area (Å²) in [6.07, 6.45) is 2.13. The van der Waals surface area contributed by atoms with Crippen molar-refractivity contribution in [2.45, 2.75) is 13.0 Å². The van der Waals surface area contributed by atoms with E-state index in [1.165, 1.54) is 18.3 Å². The number of nitrogens with two attached hydrogens (primary N) is 1. The maximum atomic E-state index is 14.5. The van der Waals surface area contributed by atoms with Crippen LogP contribution in [0.4, 0.5) is 15.8 Å². The minimum absolute atomic E-state index is 0.253. The first kappa shape index (κ1) is 17.0. The zero-order chi connectivity index (χ0) is 18.3. The smallest absolute Gasteiger partial charge is 0.249 e. The van der Waals surface area contributed by atoms with Gasteiger partial charge in [-0.15, -0.1) is 9.44 Å². The van der Waals surface area contributed by atoms with Crippen molar-refractivity contribution in [1.82, 2.24) is 14.3 Å². The maximum Gasteiger partial charge on any atom is 0.249 e. The Morgan fingerprint density at radius 2 is 2.12 bits per heavy atom. The molecular weight excluding hydrogens is 357 g/mol. The zero-order valence-corrected chi connectivity index (χ0v) is 14.5. The third-order valence-corrected chi connectivity index (χ3v) is 5.24. The number of nitrogens with zero attached hydrogens (tertiary/aromatic N) is 2. The summed E-state index contributed by atoms with van der Waals surface area (Å²) in [5, 5.41) is 9.20. The highest BCUT2D eigenvalue weighted by Gasteiger charge is 2.25. The Bertz CT molecular complexity index is 1040. The van der Waals surface area contributed by atoms with E-state index in [-0.39, 0.29) is 11.4 Å². The van der Waals surface area contributed by atoms with Crippen molar-refractivity contribution in [3.8, 4) is 0 Å². The topological polar surface area (TPSA) is 110 Å². The molecule has 9 heteroatoms. The molecule has 1 atom stereocenters. The molecule has 0 spiro atoms. The molecule has 0 radical (unpaired) electrons. The van der Waals surface area contributed by atoms with Gasteiger partial charge in [0.05, 0.1) is 24.5 Å². The lowest BCUT2D eigenvalue weighted by atomic mass is 10.00. The number of pyridine rings is 2. The molecule has 2 aromatic heterocycles. The minimum atomic E-state index is -1.55. The van der Waals surface area contributed by atoms with E-state index in [0.29, 0.717) is 41.9 Å².